The number of benzene rings is 3. The van der Waals surface area contributed by atoms with Crippen LogP contribution in [0.15, 0.2) is 66.7 Å². The van der Waals surface area contributed by atoms with E-state index in [0.717, 1.165) is 43.9 Å². The summed E-state index contributed by atoms with van der Waals surface area (Å²) in [4.78, 5) is 15.1. The highest BCUT2D eigenvalue weighted by molar-refractivity contribution is 6.33. The Morgan fingerprint density at radius 2 is 1.78 bits per heavy atom. The summed E-state index contributed by atoms with van der Waals surface area (Å²) in [5, 5.41) is 1.83. The molecule has 0 fully saturated rings. The third kappa shape index (κ3) is 3.22. The lowest BCUT2D eigenvalue weighted by atomic mass is 9.97. The van der Waals surface area contributed by atoms with Crippen LogP contribution in [0.25, 0.3) is 33.3 Å². The molecule has 0 aliphatic rings. The van der Waals surface area contributed by atoms with Crippen molar-refractivity contribution in [1.29, 1.82) is 0 Å². The summed E-state index contributed by atoms with van der Waals surface area (Å²) in [5.74, 6) is -0.324. The molecule has 1 aromatic heterocycles. The normalized spacial score (nSPS) is 10.9. The Hall–Kier alpha value is -3.04. The molecule has 1 heterocycles. The number of nitrogens with one attached hydrogen (secondary N) is 1. The maximum absolute atomic E-state index is 11.7. The maximum atomic E-state index is 11.7. The molecule has 4 rings (SSSR count). The molecule has 0 aliphatic carbocycles. The van der Waals surface area contributed by atoms with Crippen LogP contribution in [-0.2, 0) is 4.74 Å². The smallest absolute Gasteiger partial charge is 0.337 e. The van der Waals surface area contributed by atoms with Crippen molar-refractivity contribution in [1.82, 2.24) is 4.98 Å². The number of aryl methyl sites for hydroxylation is 1. The highest BCUT2D eigenvalue weighted by atomic mass is 35.5. The second-order valence-electron chi connectivity index (χ2n) is 6.49. The van der Waals surface area contributed by atoms with Gasteiger partial charge in [-0.1, -0.05) is 41.9 Å². The first-order valence-corrected chi connectivity index (χ1v) is 9.01. The number of ether oxygens (including phenoxy) is 1. The maximum Gasteiger partial charge on any atom is 0.337 e. The molecular weight excluding hydrogens is 358 g/mol. The van der Waals surface area contributed by atoms with E-state index in [0.29, 0.717) is 5.56 Å². The van der Waals surface area contributed by atoms with E-state index in [9.17, 15) is 4.79 Å². The van der Waals surface area contributed by atoms with Crippen LogP contribution < -0.4 is 0 Å². The number of H-pyrrole nitrogens is 1. The van der Waals surface area contributed by atoms with Gasteiger partial charge in [0.05, 0.1) is 12.7 Å². The highest BCUT2D eigenvalue weighted by Gasteiger charge is 2.11. The summed E-state index contributed by atoms with van der Waals surface area (Å²) >= 11 is 6.33. The molecule has 0 spiro atoms. The van der Waals surface area contributed by atoms with Crippen LogP contribution in [0.1, 0.15) is 15.9 Å². The summed E-state index contributed by atoms with van der Waals surface area (Å²) in [6, 6.07) is 21.8. The lowest BCUT2D eigenvalue weighted by Crippen LogP contribution is -2.01. The minimum absolute atomic E-state index is 0.324. The van der Waals surface area contributed by atoms with Crippen molar-refractivity contribution in [3.8, 4) is 22.4 Å². The standard InChI is InChI=1S/C23H18ClNO2/c1-14-11-16(23(26)27-2)7-9-18(14)15-8-10-21-17(12-15)13-22(25-21)19-5-3-4-6-20(19)24/h3-13,25H,1-2H3. The number of rotatable bonds is 3. The predicted molar refractivity (Wildman–Crippen MR) is 110 cm³/mol. The Balaban J connectivity index is 1.76. The van der Waals surface area contributed by atoms with E-state index < -0.39 is 0 Å². The van der Waals surface area contributed by atoms with Crippen molar-refractivity contribution in [2.24, 2.45) is 0 Å². The number of methoxy groups -OCH3 is 1. The lowest BCUT2D eigenvalue weighted by Gasteiger charge is -2.08. The number of esters is 1. The number of carbonyl (C=O) groups excluding carboxylic acids is 1. The lowest BCUT2D eigenvalue weighted by molar-refractivity contribution is 0.0600. The van der Waals surface area contributed by atoms with Crippen molar-refractivity contribution < 1.29 is 9.53 Å². The third-order valence-corrected chi connectivity index (χ3v) is 5.07. The third-order valence-electron chi connectivity index (χ3n) is 4.74. The first kappa shape index (κ1) is 17.4. The average molecular weight is 376 g/mol. The number of aromatic nitrogens is 1. The van der Waals surface area contributed by atoms with Crippen molar-refractivity contribution in [3.05, 3.63) is 82.9 Å². The second-order valence-corrected chi connectivity index (χ2v) is 6.89. The van der Waals surface area contributed by atoms with Crippen molar-refractivity contribution >= 4 is 28.5 Å². The van der Waals surface area contributed by atoms with Crippen LogP contribution in [0.4, 0.5) is 0 Å². The van der Waals surface area contributed by atoms with E-state index in [-0.39, 0.29) is 5.97 Å². The van der Waals surface area contributed by atoms with Gasteiger partial charge in [0.1, 0.15) is 0 Å². The zero-order valence-electron chi connectivity index (χ0n) is 15.0. The minimum Gasteiger partial charge on any atom is -0.465 e. The molecule has 0 unspecified atom stereocenters. The molecular formula is C23H18ClNO2. The largest absolute Gasteiger partial charge is 0.465 e. The predicted octanol–water partition coefficient (Wildman–Crippen LogP) is 6.25. The molecule has 0 amide bonds. The van der Waals surface area contributed by atoms with E-state index in [1.165, 1.54) is 7.11 Å². The molecule has 0 aliphatic heterocycles. The Morgan fingerprint density at radius 3 is 2.52 bits per heavy atom. The van der Waals surface area contributed by atoms with Crippen LogP contribution in [0, 0.1) is 6.92 Å². The number of hydrogen-bond acceptors (Lipinski definition) is 2. The molecule has 0 saturated carbocycles. The molecule has 3 nitrogen and oxygen atoms in total. The summed E-state index contributed by atoms with van der Waals surface area (Å²) in [6.07, 6.45) is 0. The topological polar surface area (TPSA) is 42.1 Å². The summed E-state index contributed by atoms with van der Waals surface area (Å²) < 4.78 is 4.80. The molecule has 4 aromatic rings. The van der Waals surface area contributed by atoms with Gasteiger partial charge in [0, 0.05) is 27.2 Å². The number of halogens is 1. The molecule has 3 aromatic carbocycles. The van der Waals surface area contributed by atoms with Gasteiger partial charge in [-0.15, -0.1) is 0 Å². The van der Waals surface area contributed by atoms with Crippen LogP contribution >= 0.6 is 11.6 Å². The van der Waals surface area contributed by atoms with Gasteiger partial charge in [-0.3, -0.25) is 0 Å². The van der Waals surface area contributed by atoms with E-state index in [4.69, 9.17) is 16.3 Å². The molecule has 0 saturated heterocycles. The Kier molecular flexibility index (Phi) is 4.46. The summed E-state index contributed by atoms with van der Waals surface area (Å²) in [5.41, 5.74) is 6.80. The Morgan fingerprint density at radius 1 is 0.963 bits per heavy atom. The number of hydrogen-bond donors (Lipinski definition) is 1. The number of carbonyl (C=O) groups is 1. The fourth-order valence-electron chi connectivity index (χ4n) is 3.36. The highest BCUT2D eigenvalue weighted by Crippen LogP contribution is 2.32. The molecule has 1 N–H and O–H groups in total. The molecule has 0 bridgehead atoms. The first-order valence-electron chi connectivity index (χ1n) is 8.64. The number of fused-ring (bicyclic) bond motifs is 1. The SMILES string of the molecule is COC(=O)c1ccc(-c2ccc3[nH]c(-c4ccccc4Cl)cc3c2)c(C)c1. The van der Waals surface area contributed by atoms with Gasteiger partial charge in [-0.05, 0) is 60.0 Å². The molecule has 134 valence electrons. The molecule has 0 radical (unpaired) electrons. The van der Waals surface area contributed by atoms with E-state index in [2.05, 4.69) is 29.2 Å². The monoisotopic (exact) mass is 375 g/mol. The molecule has 0 atom stereocenters. The van der Waals surface area contributed by atoms with Gasteiger partial charge in [-0.2, -0.15) is 0 Å². The molecule has 4 heteroatoms. The average Bonchev–Trinajstić information content (AvgIpc) is 3.10. The van der Waals surface area contributed by atoms with Gasteiger partial charge < -0.3 is 9.72 Å². The van der Waals surface area contributed by atoms with Crippen LogP contribution in [0.3, 0.4) is 0 Å². The quantitative estimate of drug-likeness (QED) is 0.430. The van der Waals surface area contributed by atoms with Gasteiger partial charge in [0.25, 0.3) is 0 Å². The zero-order valence-corrected chi connectivity index (χ0v) is 15.8. The van der Waals surface area contributed by atoms with Gasteiger partial charge >= 0.3 is 5.97 Å². The van der Waals surface area contributed by atoms with Crippen LogP contribution in [-0.4, -0.2) is 18.1 Å². The van der Waals surface area contributed by atoms with Gasteiger partial charge in [-0.25, -0.2) is 4.79 Å². The van der Waals surface area contributed by atoms with Crippen molar-refractivity contribution in [2.75, 3.05) is 7.11 Å². The minimum atomic E-state index is -0.324. The van der Waals surface area contributed by atoms with E-state index in [1.54, 1.807) is 6.07 Å². The Labute approximate surface area is 162 Å². The summed E-state index contributed by atoms with van der Waals surface area (Å²) in [6.45, 7) is 2.00. The van der Waals surface area contributed by atoms with E-state index in [1.807, 2.05) is 43.3 Å². The Bertz CT molecular complexity index is 1160. The van der Waals surface area contributed by atoms with Crippen molar-refractivity contribution in [3.63, 3.8) is 0 Å². The fraction of sp³-hybridized carbons (Fsp3) is 0.0870. The number of aromatic amines is 1. The van der Waals surface area contributed by atoms with Crippen molar-refractivity contribution in [2.45, 2.75) is 6.92 Å². The van der Waals surface area contributed by atoms with Crippen LogP contribution in [0.2, 0.25) is 5.02 Å². The first-order chi connectivity index (χ1) is 13.1. The molecule has 27 heavy (non-hydrogen) atoms. The van der Waals surface area contributed by atoms with E-state index >= 15 is 0 Å². The van der Waals surface area contributed by atoms with Gasteiger partial charge in [0.15, 0.2) is 0 Å². The summed E-state index contributed by atoms with van der Waals surface area (Å²) in [7, 11) is 1.39. The fourth-order valence-corrected chi connectivity index (χ4v) is 3.59. The van der Waals surface area contributed by atoms with Crippen LogP contribution in [0.5, 0.6) is 0 Å². The van der Waals surface area contributed by atoms with Gasteiger partial charge in [0.2, 0.25) is 0 Å². The zero-order chi connectivity index (χ0) is 19.0. The second kappa shape index (κ2) is 6.93.